The summed E-state index contributed by atoms with van der Waals surface area (Å²) in [5.41, 5.74) is 7.22. The Labute approximate surface area is 106 Å². The van der Waals surface area contributed by atoms with Crippen molar-refractivity contribution in [3.63, 3.8) is 0 Å². The summed E-state index contributed by atoms with van der Waals surface area (Å²) in [6.45, 7) is 2.37. The smallest absolute Gasteiger partial charge is 0.325 e. The molecule has 0 atom stereocenters. The molecule has 0 heterocycles. The number of esters is 1. The number of hydrogen-bond donors (Lipinski definition) is 1. The molecular formula is C12H16N2O2S. The van der Waals surface area contributed by atoms with E-state index in [1.54, 1.807) is 11.8 Å². The first-order valence-electron chi connectivity index (χ1n) is 5.31. The molecule has 0 amide bonds. The van der Waals surface area contributed by atoms with Crippen molar-refractivity contribution < 1.29 is 9.53 Å². The first-order valence-corrected chi connectivity index (χ1v) is 5.72. The molecular weight excluding hydrogens is 236 g/mol. The highest BCUT2D eigenvalue weighted by Crippen LogP contribution is 2.14. The predicted octanol–water partition coefficient (Wildman–Crippen LogP) is 1.32. The van der Waals surface area contributed by atoms with E-state index >= 15 is 0 Å². The summed E-state index contributed by atoms with van der Waals surface area (Å²) in [6.07, 6.45) is 0. The zero-order chi connectivity index (χ0) is 12.8. The van der Waals surface area contributed by atoms with Gasteiger partial charge < -0.3 is 15.4 Å². The lowest BCUT2D eigenvalue weighted by Gasteiger charge is -2.18. The predicted molar refractivity (Wildman–Crippen MR) is 72.2 cm³/mol. The molecule has 1 aromatic carbocycles. The van der Waals surface area contributed by atoms with Gasteiger partial charge in [-0.05, 0) is 19.1 Å². The molecule has 4 nitrogen and oxygen atoms in total. The molecule has 5 heteroatoms. The van der Waals surface area contributed by atoms with Gasteiger partial charge in [-0.3, -0.25) is 4.79 Å². The van der Waals surface area contributed by atoms with Crippen molar-refractivity contribution in [3.8, 4) is 0 Å². The molecule has 0 bridgehead atoms. The quantitative estimate of drug-likeness (QED) is 0.632. The van der Waals surface area contributed by atoms with Crippen molar-refractivity contribution in [2.45, 2.75) is 6.92 Å². The van der Waals surface area contributed by atoms with Gasteiger partial charge in [-0.25, -0.2) is 0 Å². The van der Waals surface area contributed by atoms with E-state index in [0.717, 1.165) is 11.3 Å². The van der Waals surface area contributed by atoms with Crippen LogP contribution in [0, 0.1) is 0 Å². The van der Waals surface area contributed by atoms with E-state index in [1.165, 1.54) is 0 Å². The van der Waals surface area contributed by atoms with Gasteiger partial charge in [0, 0.05) is 18.3 Å². The van der Waals surface area contributed by atoms with Crippen molar-refractivity contribution in [1.29, 1.82) is 0 Å². The molecule has 0 unspecified atom stereocenters. The minimum absolute atomic E-state index is 0.203. The highest BCUT2D eigenvalue weighted by molar-refractivity contribution is 7.80. The third-order valence-corrected chi connectivity index (χ3v) is 2.48. The molecule has 0 aliphatic rings. The first-order chi connectivity index (χ1) is 8.04. The summed E-state index contributed by atoms with van der Waals surface area (Å²) in [5.74, 6) is -0.254. The van der Waals surface area contributed by atoms with Gasteiger partial charge in [0.05, 0.1) is 6.61 Å². The Morgan fingerprint density at radius 1 is 1.53 bits per heavy atom. The Hall–Kier alpha value is -1.62. The summed E-state index contributed by atoms with van der Waals surface area (Å²) in [6, 6.07) is 7.43. The highest BCUT2D eigenvalue weighted by Gasteiger charge is 2.08. The molecule has 0 radical (unpaired) electrons. The Morgan fingerprint density at radius 2 is 2.24 bits per heavy atom. The third kappa shape index (κ3) is 4.03. The largest absolute Gasteiger partial charge is 0.465 e. The van der Waals surface area contributed by atoms with Gasteiger partial charge in [0.2, 0.25) is 0 Å². The van der Waals surface area contributed by atoms with Crippen LogP contribution in [0.4, 0.5) is 5.69 Å². The highest BCUT2D eigenvalue weighted by atomic mass is 32.1. The number of carbonyl (C=O) groups excluding carboxylic acids is 1. The number of ether oxygens (including phenoxy) is 1. The number of likely N-dealkylation sites (N-methyl/N-ethyl adjacent to an activating group) is 1. The summed E-state index contributed by atoms with van der Waals surface area (Å²) in [4.78, 5) is 13.5. The maximum Gasteiger partial charge on any atom is 0.325 e. The fraction of sp³-hybridized carbons (Fsp3) is 0.333. The average Bonchev–Trinajstić information content (AvgIpc) is 2.29. The van der Waals surface area contributed by atoms with Gasteiger partial charge >= 0.3 is 5.97 Å². The number of carbonyl (C=O) groups is 1. The van der Waals surface area contributed by atoms with Crippen LogP contribution >= 0.6 is 12.2 Å². The van der Waals surface area contributed by atoms with E-state index < -0.39 is 0 Å². The number of hydrogen-bond acceptors (Lipinski definition) is 4. The second-order valence-corrected chi connectivity index (χ2v) is 4.02. The molecule has 1 aromatic rings. The zero-order valence-corrected chi connectivity index (χ0v) is 10.8. The maximum absolute atomic E-state index is 11.3. The van der Waals surface area contributed by atoms with Crippen LogP contribution in [0.1, 0.15) is 12.5 Å². The molecule has 0 saturated carbocycles. The van der Waals surface area contributed by atoms with Crippen LogP contribution in [0.25, 0.3) is 0 Å². The van der Waals surface area contributed by atoms with Crippen molar-refractivity contribution in [2.24, 2.45) is 5.73 Å². The second-order valence-electron chi connectivity index (χ2n) is 3.58. The molecule has 0 spiro atoms. The fourth-order valence-corrected chi connectivity index (χ4v) is 1.52. The minimum atomic E-state index is -0.254. The number of thiocarbonyl (C=S) groups is 1. The molecule has 0 fully saturated rings. The summed E-state index contributed by atoms with van der Waals surface area (Å²) in [7, 11) is 1.82. The summed E-state index contributed by atoms with van der Waals surface area (Å²) >= 11 is 4.91. The lowest BCUT2D eigenvalue weighted by Crippen LogP contribution is -2.27. The van der Waals surface area contributed by atoms with E-state index in [4.69, 9.17) is 22.7 Å². The van der Waals surface area contributed by atoms with E-state index in [1.807, 2.05) is 31.3 Å². The van der Waals surface area contributed by atoms with Gasteiger partial charge in [0.1, 0.15) is 11.5 Å². The van der Waals surface area contributed by atoms with Gasteiger partial charge in [0.25, 0.3) is 0 Å². The van der Waals surface area contributed by atoms with Gasteiger partial charge in [-0.2, -0.15) is 0 Å². The molecule has 92 valence electrons. The van der Waals surface area contributed by atoms with Crippen molar-refractivity contribution in [2.75, 3.05) is 25.1 Å². The van der Waals surface area contributed by atoms with Crippen molar-refractivity contribution >= 4 is 28.9 Å². The third-order valence-electron chi connectivity index (χ3n) is 2.24. The topological polar surface area (TPSA) is 55.6 Å². The number of anilines is 1. The molecule has 2 N–H and O–H groups in total. The Bertz CT molecular complexity index is 421. The summed E-state index contributed by atoms with van der Waals surface area (Å²) < 4.78 is 4.88. The zero-order valence-electron chi connectivity index (χ0n) is 9.97. The van der Waals surface area contributed by atoms with E-state index in [2.05, 4.69) is 0 Å². The van der Waals surface area contributed by atoms with Crippen LogP contribution in [0.15, 0.2) is 24.3 Å². The molecule has 0 saturated heterocycles. The van der Waals surface area contributed by atoms with Gasteiger partial charge in [-0.15, -0.1) is 0 Å². The first kappa shape index (κ1) is 13.4. The standard InChI is InChI=1S/C12H16N2O2S/c1-3-16-11(15)8-14(2)10-6-4-5-9(7-10)12(13)17/h4-7H,3,8H2,1-2H3,(H2,13,17). The lowest BCUT2D eigenvalue weighted by atomic mass is 10.2. The molecule has 0 aliphatic carbocycles. The van der Waals surface area contributed by atoms with E-state index in [0.29, 0.717) is 11.6 Å². The van der Waals surface area contributed by atoms with E-state index in [9.17, 15) is 4.79 Å². The van der Waals surface area contributed by atoms with E-state index in [-0.39, 0.29) is 12.5 Å². The lowest BCUT2D eigenvalue weighted by molar-refractivity contribution is -0.141. The molecule has 0 aliphatic heterocycles. The maximum atomic E-state index is 11.3. The average molecular weight is 252 g/mol. The van der Waals surface area contributed by atoms with Crippen LogP contribution in [0.2, 0.25) is 0 Å². The summed E-state index contributed by atoms with van der Waals surface area (Å²) in [5, 5.41) is 0. The fourth-order valence-electron chi connectivity index (χ4n) is 1.39. The van der Waals surface area contributed by atoms with Crippen LogP contribution in [0.3, 0.4) is 0 Å². The Kier molecular flexibility index (Phi) is 4.90. The monoisotopic (exact) mass is 252 g/mol. The number of nitrogens with zero attached hydrogens (tertiary/aromatic N) is 1. The number of rotatable bonds is 5. The minimum Gasteiger partial charge on any atom is -0.465 e. The van der Waals surface area contributed by atoms with Crippen molar-refractivity contribution in [3.05, 3.63) is 29.8 Å². The Morgan fingerprint density at radius 3 is 2.82 bits per heavy atom. The normalized spacial score (nSPS) is 9.76. The van der Waals surface area contributed by atoms with Crippen LogP contribution in [-0.2, 0) is 9.53 Å². The van der Waals surface area contributed by atoms with Crippen molar-refractivity contribution in [1.82, 2.24) is 0 Å². The Balaban J connectivity index is 2.75. The van der Waals surface area contributed by atoms with Crippen LogP contribution in [-0.4, -0.2) is 31.2 Å². The van der Waals surface area contributed by atoms with Crippen LogP contribution in [0.5, 0.6) is 0 Å². The number of nitrogens with two attached hydrogens (primary N) is 1. The van der Waals surface area contributed by atoms with Crippen LogP contribution < -0.4 is 10.6 Å². The van der Waals surface area contributed by atoms with Gasteiger partial charge in [0.15, 0.2) is 0 Å². The molecule has 0 aromatic heterocycles. The second kappa shape index (κ2) is 6.20. The molecule has 1 rings (SSSR count). The van der Waals surface area contributed by atoms with Gasteiger partial charge in [-0.1, -0.05) is 24.4 Å². The number of benzene rings is 1. The SMILES string of the molecule is CCOC(=O)CN(C)c1cccc(C(N)=S)c1. The molecule has 17 heavy (non-hydrogen) atoms.